The van der Waals surface area contributed by atoms with Gasteiger partial charge in [0.1, 0.15) is 0 Å². The molecule has 0 aliphatic heterocycles. The summed E-state index contributed by atoms with van der Waals surface area (Å²) < 4.78 is 0. The second-order valence-electron chi connectivity index (χ2n) is 9.47. The first kappa shape index (κ1) is 22.5. The van der Waals surface area contributed by atoms with E-state index in [0.29, 0.717) is 0 Å². The highest BCUT2D eigenvalue weighted by molar-refractivity contribution is 5.63. The lowest BCUT2D eigenvalue weighted by Crippen LogP contribution is -2.19. The molecule has 0 radical (unpaired) electrons. The Kier molecular flexibility index (Phi) is 6.15. The van der Waals surface area contributed by atoms with Crippen LogP contribution in [0.5, 0.6) is 0 Å². The highest BCUT2D eigenvalue weighted by atomic mass is 16.3. The van der Waals surface area contributed by atoms with Crippen LogP contribution in [0.2, 0.25) is 0 Å². The van der Waals surface area contributed by atoms with Crippen LogP contribution in [-0.4, -0.2) is 0 Å². The summed E-state index contributed by atoms with van der Waals surface area (Å²) in [4.78, 5) is 11.8. The third-order valence-corrected chi connectivity index (χ3v) is 6.74. The Morgan fingerprint density at radius 3 is 1.09 bits per heavy atom. The maximum atomic E-state index is 11.8. The van der Waals surface area contributed by atoms with Crippen LogP contribution in [-0.2, 0) is 10.8 Å². The molecule has 0 saturated heterocycles. The summed E-state index contributed by atoms with van der Waals surface area (Å²) in [5, 5.41) is 4.75. The summed E-state index contributed by atoms with van der Waals surface area (Å²) in [6.07, 6.45) is 0. The van der Waals surface area contributed by atoms with Crippen LogP contribution in [0.1, 0.15) is 49.9 Å². The Morgan fingerprint density at radius 2 is 0.788 bits per heavy atom. The van der Waals surface area contributed by atoms with Crippen LogP contribution in [0.15, 0.2) is 114 Å². The van der Waals surface area contributed by atoms with Crippen LogP contribution in [0.4, 0.5) is 11.4 Å². The monoisotopic (exact) mass is 434 g/mol. The lowest BCUT2D eigenvalue weighted by Gasteiger charge is -2.27. The Balaban J connectivity index is 1.58. The quantitative estimate of drug-likeness (QED) is 0.217. The molecule has 0 heterocycles. The van der Waals surface area contributed by atoms with Crippen molar-refractivity contribution in [3.8, 4) is 0 Å². The third kappa shape index (κ3) is 4.45. The molecule has 4 aromatic rings. The third-order valence-electron chi connectivity index (χ3n) is 6.74. The predicted molar refractivity (Wildman–Crippen MR) is 138 cm³/mol. The van der Waals surface area contributed by atoms with Gasteiger partial charge in [-0.05, 0) is 46.5 Å². The van der Waals surface area contributed by atoms with Gasteiger partial charge >= 0.3 is 0 Å². The van der Waals surface area contributed by atoms with Crippen LogP contribution < -0.4 is 5.01 Å². The van der Waals surface area contributed by atoms with E-state index < -0.39 is 0 Å². The van der Waals surface area contributed by atoms with Gasteiger partial charge in [-0.3, -0.25) is 0 Å². The largest absolute Gasteiger partial charge is 0.197 e. The zero-order valence-electron chi connectivity index (χ0n) is 19.7. The van der Waals surface area contributed by atoms with Crippen LogP contribution in [0.25, 0.3) is 0 Å². The number of rotatable bonds is 7. The van der Waals surface area contributed by atoms with Gasteiger partial charge in [0.25, 0.3) is 0 Å². The van der Waals surface area contributed by atoms with Gasteiger partial charge in [-0.1, -0.05) is 113 Å². The number of hydrogen-bond donors (Lipinski definition) is 0. The number of nitrogens with zero attached hydrogens (tertiary/aromatic N) is 2. The Morgan fingerprint density at radius 1 is 0.485 bits per heavy atom. The molecule has 166 valence electrons. The molecule has 0 N–H and O–H groups in total. The molecule has 0 unspecified atom stereocenters. The van der Waals surface area contributed by atoms with E-state index >= 15 is 0 Å². The fraction of sp³-hybridized carbons (Fsp3) is 0.200. The first-order valence-electron chi connectivity index (χ1n) is 11.3. The van der Waals surface area contributed by atoms with Gasteiger partial charge in [0, 0.05) is 10.8 Å². The van der Waals surface area contributed by atoms with Crippen molar-refractivity contribution in [3.63, 3.8) is 0 Å². The number of anilines is 2. The van der Waals surface area contributed by atoms with E-state index in [1.165, 1.54) is 27.3 Å². The molecule has 0 aliphatic rings. The molecule has 4 rings (SSSR count). The molecule has 0 aromatic heterocycles. The van der Waals surface area contributed by atoms with Gasteiger partial charge in [0.15, 0.2) is 0 Å². The minimum absolute atomic E-state index is 0.135. The van der Waals surface area contributed by atoms with Crippen molar-refractivity contribution in [2.24, 2.45) is 5.29 Å². The molecular weight excluding hydrogens is 404 g/mol. The fourth-order valence-corrected chi connectivity index (χ4v) is 4.32. The zero-order chi connectivity index (χ0) is 23.5. The van der Waals surface area contributed by atoms with Crippen molar-refractivity contribution in [1.82, 2.24) is 0 Å². The zero-order valence-corrected chi connectivity index (χ0v) is 19.7. The van der Waals surface area contributed by atoms with Gasteiger partial charge in [-0.2, -0.15) is 5.01 Å². The van der Waals surface area contributed by atoms with Crippen molar-refractivity contribution < 1.29 is 0 Å². The topological polar surface area (TPSA) is 32.7 Å². The average Bonchev–Trinajstić information content (AvgIpc) is 2.86. The van der Waals surface area contributed by atoms with Crippen LogP contribution in [0.3, 0.4) is 0 Å². The maximum absolute atomic E-state index is 11.8. The summed E-state index contributed by atoms with van der Waals surface area (Å²) in [6, 6.07) is 37.0. The molecule has 4 aromatic carbocycles. The van der Waals surface area contributed by atoms with E-state index in [0.717, 1.165) is 11.4 Å². The second kappa shape index (κ2) is 9.03. The van der Waals surface area contributed by atoms with Crippen molar-refractivity contribution >= 4 is 11.4 Å². The Bertz CT molecular complexity index is 1100. The minimum atomic E-state index is -0.135. The average molecular weight is 435 g/mol. The molecule has 0 amide bonds. The Labute approximate surface area is 196 Å². The lowest BCUT2D eigenvalue weighted by molar-refractivity contribution is 0.640. The summed E-state index contributed by atoms with van der Waals surface area (Å²) in [7, 11) is 0. The molecule has 0 aliphatic carbocycles. The van der Waals surface area contributed by atoms with Gasteiger partial charge in [0.05, 0.1) is 16.7 Å². The van der Waals surface area contributed by atoms with Crippen molar-refractivity contribution in [2.75, 3.05) is 5.01 Å². The van der Waals surface area contributed by atoms with Crippen LogP contribution >= 0.6 is 0 Å². The standard InChI is InChI=1S/C30H30N2O/c1-29(2,23-11-7-5-8-12-23)25-15-19-27(20-16-25)32(31-33)28-21-17-26(18-22-28)30(3,4)24-13-9-6-10-14-24/h5-22H,1-4H3. The molecule has 0 bridgehead atoms. The fourth-order valence-electron chi connectivity index (χ4n) is 4.32. The maximum Gasteiger partial charge on any atom is 0.0685 e. The smallest absolute Gasteiger partial charge is 0.0685 e. The lowest BCUT2D eigenvalue weighted by atomic mass is 9.78. The van der Waals surface area contributed by atoms with E-state index in [1.54, 1.807) is 0 Å². The summed E-state index contributed by atoms with van der Waals surface area (Å²) in [6.45, 7) is 8.83. The van der Waals surface area contributed by atoms with Crippen molar-refractivity contribution in [1.29, 1.82) is 0 Å². The minimum Gasteiger partial charge on any atom is -0.197 e. The first-order valence-corrected chi connectivity index (χ1v) is 11.3. The molecule has 0 fully saturated rings. The summed E-state index contributed by atoms with van der Waals surface area (Å²) in [5.74, 6) is 0. The molecule has 3 nitrogen and oxygen atoms in total. The Hall–Kier alpha value is -3.72. The van der Waals surface area contributed by atoms with E-state index in [-0.39, 0.29) is 10.8 Å². The summed E-state index contributed by atoms with van der Waals surface area (Å²) >= 11 is 0. The SMILES string of the molecule is CC(C)(c1ccccc1)c1ccc(N(N=O)c2ccc(C(C)(C)c3ccccc3)cc2)cc1. The van der Waals surface area contributed by atoms with Crippen LogP contribution in [0, 0.1) is 4.91 Å². The van der Waals surface area contributed by atoms with E-state index in [4.69, 9.17) is 0 Å². The number of nitroso groups, excluding NO2 is 1. The highest BCUT2D eigenvalue weighted by Gasteiger charge is 2.24. The molecule has 33 heavy (non-hydrogen) atoms. The van der Waals surface area contributed by atoms with Gasteiger partial charge < -0.3 is 0 Å². The molecule has 0 saturated carbocycles. The van der Waals surface area contributed by atoms with E-state index in [9.17, 15) is 4.91 Å². The number of hydrogen-bond acceptors (Lipinski definition) is 2. The normalized spacial score (nSPS) is 11.8. The number of benzene rings is 4. The van der Waals surface area contributed by atoms with Gasteiger partial charge in [-0.25, -0.2) is 0 Å². The second-order valence-corrected chi connectivity index (χ2v) is 9.47. The first-order chi connectivity index (χ1) is 15.8. The molecule has 3 heteroatoms. The predicted octanol–water partition coefficient (Wildman–Crippen LogP) is 8.16. The van der Waals surface area contributed by atoms with Gasteiger partial charge in [-0.15, -0.1) is 4.91 Å². The van der Waals surface area contributed by atoms with Crippen molar-refractivity contribution in [2.45, 2.75) is 38.5 Å². The van der Waals surface area contributed by atoms with Gasteiger partial charge in [0.2, 0.25) is 0 Å². The molecule has 0 spiro atoms. The molecule has 0 atom stereocenters. The molecular formula is C30H30N2O. The van der Waals surface area contributed by atoms with Crippen molar-refractivity contribution in [3.05, 3.63) is 136 Å². The summed E-state index contributed by atoms with van der Waals surface area (Å²) in [5.41, 5.74) is 6.08. The van der Waals surface area contributed by atoms with E-state index in [2.05, 4.69) is 106 Å². The highest BCUT2D eigenvalue weighted by Crippen LogP contribution is 2.36. The van der Waals surface area contributed by atoms with E-state index in [1.807, 2.05) is 36.4 Å².